The van der Waals surface area contributed by atoms with Crippen LogP contribution in [-0.4, -0.2) is 20.9 Å². The third kappa shape index (κ3) is 5.43. The molecule has 7 heteroatoms. The first-order valence-corrected chi connectivity index (χ1v) is 12.7. The molecule has 0 saturated carbocycles. The third-order valence-electron chi connectivity index (χ3n) is 5.02. The maximum atomic E-state index is 13.4. The first-order valence-electron chi connectivity index (χ1n) is 10.2. The molecule has 0 radical (unpaired) electrons. The zero-order valence-electron chi connectivity index (χ0n) is 17.6. The lowest BCUT2D eigenvalue weighted by Crippen LogP contribution is -2.38. The van der Waals surface area contributed by atoms with E-state index >= 15 is 0 Å². The molecule has 0 spiro atoms. The Bertz CT molecular complexity index is 1340. The summed E-state index contributed by atoms with van der Waals surface area (Å²) in [5.74, 6) is -0.434. The van der Waals surface area contributed by atoms with Crippen LogP contribution in [0.15, 0.2) is 114 Å². The SMILES string of the molecule is O=C(CN(c1ccc(I)cc1)S(=O)(=O)c1ccccc1)Nc1ccccc1-c1ccccc1. The van der Waals surface area contributed by atoms with Crippen molar-refractivity contribution in [3.05, 3.63) is 113 Å². The average molecular weight is 568 g/mol. The van der Waals surface area contributed by atoms with E-state index in [1.54, 1.807) is 36.4 Å². The van der Waals surface area contributed by atoms with E-state index in [9.17, 15) is 13.2 Å². The van der Waals surface area contributed by atoms with E-state index in [-0.39, 0.29) is 11.4 Å². The lowest BCUT2D eigenvalue weighted by Gasteiger charge is -2.24. The second kappa shape index (κ2) is 10.2. The normalized spacial score (nSPS) is 11.1. The van der Waals surface area contributed by atoms with E-state index in [4.69, 9.17) is 0 Å². The summed E-state index contributed by atoms with van der Waals surface area (Å²) in [7, 11) is -3.95. The zero-order chi connectivity index (χ0) is 23.3. The number of rotatable bonds is 7. The number of hydrogen-bond donors (Lipinski definition) is 1. The van der Waals surface area contributed by atoms with Gasteiger partial charge >= 0.3 is 0 Å². The van der Waals surface area contributed by atoms with Gasteiger partial charge in [0.1, 0.15) is 6.54 Å². The van der Waals surface area contributed by atoms with Gasteiger partial charge in [0.15, 0.2) is 0 Å². The molecule has 0 aliphatic carbocycles. The number of carbonyl (C=O) groups excluding carboxylic acids is 1. The molecule has 0 heterocycles. The highest BCUT2D eigenvalue weighted by molar-refractivity contribution is 14.1. The standard InChI is InChI=1S/C26H21IN2O3S/c27-21-15-17-22(18-16-21)29(33(31,32)23-11-5-2-6-12-23)19-26(30)28-25-14-8-7-13-24(25)20-9-3-1-4-10-20/h1-18H,19H2,(H,28,30). The molecular formula is C26H21IN2O3S. The Balaban J connectivity index is 1.65. The minimum absolute atomic E-state index is 0.126. The van der Waals surface area contributed by atoms with Crippen LogP contribution in [-0.2, 0) is 14.8 Å². The van der Waals surface area contributed by atoms with Crippen molar-refractivity contribution in [2.45, 2.75) is 4.90 Å². The molecule has 166 valence electrons. The van der Waals surface area contributed by atoms with E-state index in [0.717, 1.165) is 19.0 Å². The Morgan fingerprint density at radius 1 is 0.758 bits per heavy atom. The van der Waals surface area contributed by atoms with Crippen molar-refractivity contribution in [2.75, 3.05) is 16.2 Å². The third-order valence-corrected chi connectivity index (χ3v) is 7.53. The molecule has 0 unspecified atom stereocenters. The van der Waals surface area contributed by atoms with E-state index in [0.29, 0.717) is 11.4 Å². The first kappa shape index (κ1) is 23.0. The summed E-state index contributed by atoms with van der Waals surface area (Å²) >= 11 is 2.15. The highest BCUT2D eigenvalue weighted by Crippen LogP contribution is 2.28. The summed E-state index contributed by atoms with van der Waals surface area (Å²) in [5.41, 5.74) is 2.86. The Kier molecular flexibility index (Phi) is 7.10. The van der Waals surface area contributed by atoms with Crippen LogP contribution in [0.3, 0.4) is 0 Å². The van der Waals surface area contributed by atoms with Crippen molar-refractivity contribution in [3.8, 4) is 11.1 Å². The number of benzene rings is 4. The van der Waals surface area contributed by atoms with Gasteiger partial charge in [-0.1, -0.05) is 66.7 Å². The second-order valence-electron chi connectivity index (χ2n) is 7.26. The van der Waals surface area contributed by atoms with Crippen LogP contribution in [0.1, 0.15) is 0 Å². The number of sulfonamides is 1. The van der Waals surface area contributed by atoms with Crippen molar-refractivity contribution in [1.82, 2.24) is 0 Å². The molecule has 0 bridgehead atoms. The minimum atomic E-state index is -3.95. The van der Waals surface area contributed by atoms with Crippen molar-refractivity contribution in [3.63, 3.8) is 0 Å². The number of carbonyl (C=O) groups is 1. The number of amides is 1. The predicted octanol–water partition coefficient (Wildman–Crippen LogP) is 5.79. The van der Waals surface area contributed by atoms with Crippen LogP contribution in [0.5, 0.6) is 0 Å². The number of anilines is 2. The van der Waals surface area contributed by atoms with E-state index in [1.165, 1.54) is 12.1 Å². The molecule has 0 fully saturated rings. The van der Waals surface area contributed by atoms with Crippen LogP contribution in [0.25, 0.3) is 11.1 Å². The van der Waals surface area contributed by atoms with Gasteiger partial charge in [-0.3, -0.25) is 9.10 Å². The zero-order valence-corrected chi connectivity index (χ0v) is 20.5. The van der Waals surface area contributed by atoms with Gasteiger partial charge in [0.2, 0.25) is 5.91 Å². The van der Waals surface area contributed by atoms with Crippen LogP contribution < -0.4 is 9.62 Å². The quantitative estimate of drug-likeness (QED) is 0.287. The molecular weight excluding hydrogens is 547 g/mol. The van der Waals surface area contributed by atoms with Crippen molar-refractivity contribution >= 4 is 49.9 Å². The second-order valence-corrected chi connectivity index (χ2v) is 10.4. The lowest BCUT2D eigenvalue weighted by atomic mass is 10.0. The van der Waals surface area contributed by atoms with Crippen LogP contribution in [0, 0.1) is 3.57 Å². The Hall–Kier alpha value is -3.17. The molecule has 33 heavy (non-hydrogen) atoms. The molecule has 4 rings (SSSR count). The summed E-state index contributed by atoms with van der Waals surface area (Å²) in [4.78, 5) is 13.2. The number of hydrogen-bond acceptors (Lipinski definition) is 3. The predicted molar refractivity (Wildman–Crippen MR) is 141 cm³/mol. The topological polar surface area (TPSA) is 66.5 Å². The molecule has 0 saturated heterocycles. The molecule has 0 aliphatic heterocycles. The fourth-order valence-corrected chi connectivity index (χ4v) is 5.23. The van der Waals surface area contributed by atoms with Crippen LogP contribution >= 0.6 is 22.6 Å². The fraction of sp³-hybridized carbons (Fsp3) is 0.0385. The molecule has 0 aliphatic rings. The molecule has 0 atom stereocenters. The van der Waals surface area contributed by atoms with Crippen molar-refractivity contribution < 1.29 is 13.2 Å². The van der Waals surface area contributed by atoms with Gasteiger partial charge in [0.05, 0.1) is 10.6 Å². The molecule has 5 nitrogen and oxygen atoms in total. The first-order chi connectivity index (χ1) is 15.9. The Morgan fingerprint density at radius 2 is 1.33 bits per heavy atom. The van der Waals surface area contributed by atoms with E-state index < -0.39 is 15.9 Å². The minimum Gasteiger partial charge on any atom is -0.324 e. The molecule has 4 aromatic rings. The number of para-hydroxylation sites is 1. The monoisotopic (exact) mass is 568 g/mol. The highest BCUT2D eigenvalue weighted by atomic mass is 127. The molecule has 0 aromatic heterocycles. The van der Waals surface area contributed by atoms with Gasteiger partial charge in [0.25, 0.3) is 10.0 Å². The molecule has 1 amide bonds. The summed E-state index contributed by atoms with van der Waals surface area (Å²) in [6.45, 7) is -0.360. The maximum absolute atomic E-state index is 13.4. The van der Waals surface area contributed by atoms with Crippen LogP contribution in [0.2, 0.25) is 0 Å². The van der Waals surface area contributed by atoms with Crippen LogP contribution in [0.4, 0.5) is 11.4 Å². The number of halogens is 1. The maximum Gasteiger partial charge on any atom is 0.264 e. The van der Waals surface area contributed by atoms with E-state index in [2.05, 4.69) is 27.9 Å². The van der Waals surface area contributed by atoms with Gasteiger partial charge in [-0.25, -0.2) is 8.42 Å². The Morgan fingerprint density at radius 3 is 2.00 bits per heavy atom. The van der Waals surface area contributed by atoms with Gasteiger partial charge in [-0.05, 0) is 70.6 Å². The fourth-order valence-electron chi connectivity index (χ4n) is 3.42. The summed E-state index contributed by atoms with van der Waals surface area (Å²) in [6, 6.07) is 32.3. The molecule has 4 aromatic carbocycles. The Labute approximate surface area is 207 Å². The van der Waals surface area contributed by atoms with Gasteiger partial charge in [0, 0.05) is 14.8 Å². The lowest BCUT2D eigenvalue weighted by molar-refractivity contribution is -0.114. The number of nitrogens with one attached hydrogen (secondary N) is 1. The van der Waals surface area contributed by atoms with Gasteiger partial charge in [-0.2, -0.15) is 0 Å². The van der Waals surface area contributed by atoms with Crippen molar-refractivity contribution in [1.29, 1.82) is 0 Å². The molecule has 1 N–H and O–H groups in total. The largest absolute Gasteiger partial charge is 0.324 e. The van der Waals surface area contributed by atoms with E-state index in [1.807, 2.05) is 60.7 Å². The smallest absolute Gasteiger partial charge is 0.264 e. The van der Waals surface area contributed by atoms with Gasteiger partial charge < -0.3 is 5.32 Å². The summed E-state index contributed by atoms with van der Waals surface area (Å²) < 4.78 is 29.0. The highest BCUT2D eigenvalue weighted by Gasteiger charge is 2.27. The summed E-state index contributed by atoms with van der Waals surface area (Å²) in [6.07, 6.45) is 0. The van der Waals surface area contributed by atoms with Gasteiger partial charge in [-0.15, -0.1) is 0 Å². The van der Waals surface area contributed by atoms with Crippen molar-refractivity contribution in [2.24, 2.45) is 0 Å². The average Bonchev–Trinajstić information content (AvgIpc) is 2.84. The summed E-state index contributed by atoms with van der Waals surface area (Å²) in [5, 5.41) is 2.90. The number of nitrogens with zero attached hydrogens (tertiary/aromatic N) is 1.